The molecule has 1 heterocycles. The van der Waals surface area contributed by atoms with Gasteiger partial charge in [-0.05, 0) is 53.4 Å². The molecule has 0 fully saturated rings. The Labute approximate surface area is 210 Å². The first-order valence-corrected chi connectivity index (χ1v) is 12.5. The van der Waals surface area contributed by atoms with E-state index in [1.807, 2.05) is 48.5 Å². The highest BCUT2D eigenvalue weighted by Gasteiger charge is 2.14. The number of carbonyl (C=O) groups excluding carboxylic acids is 1. The Morgan fingerprint density at radius 3 is 2.50 bits per heavy atom. The number of aromatic nitrogens is 2. The Balaban J connectivity index is 1.51. The minimum atomic E-state index is -0.287. The van der Waals surface area contributed by atoms with Crippen molar-refractivity contribution in [3.8, 4) is 5.69 Å². The van der Waals surface area contributed by atoms with Crippen LogP contribution in [0.15, 0.2) is 92.3 Å². The Morgan fingerprint density at radius 2 is 1.79 bits per heavy atom. The van der Waals surface area contributed by atoms with Crippen LogP contribution in [0.2, 0.25) is 0 Å². The van der Waals surface area contributed by atoms with Crippen molar-refractivity contribution in [1.82, 2.24) is 15.0 Å². The van der Waals surface area contributed by atoms with E-state index in [2.05, 4.69) is 57.4 Å². The van der Waals surface area contributed by atoms with Crippen molar-refractivity contribution >= 4 is 50.7 Å². The maximum atomic E-state index is 13.2. The number of hydrogen-bond acceptors (Lipinski definition) is 5. The van der Waals surface area contributed by atoms with E-state index >= 15 is 0 Å². The zero-order valence-electron chi connectivity index (χ0n) is 18.7. The minimum Gasteiger partial charge on any atom is -0.272 e. The smallest absolute Gasteiger partial charge is 0.266 e. The van der Waals surface area contributed by atoms with Crippen LogP contribution in [-0.4, -0.2) is 27.4 Å². The van der Waals surface area contributed by atoms with Crippen LogP contribution in [0.5, 0.6) is 0 Å². The summed E-state index contributed by atoms with van der Waals surface area (Å²) in [5.74, 6) is 0.233. The molecule has 0 atom stereocenters. The van der Waals surface area contributed by atoms with Gasteiger partial charge in [-0.1, -0.05) is 77.9 Å². The van der Waals surface area contributed by atoms with E-state index in [4.69, 9.17) is 0 Å². The number of para-hydroxylation sites is 1. The molecule has 0 unspecified atom stereocenters. The number of rotatable bonds is 7. The van der Waals surface area contributed by atoms with Crippen molar-refractivity contribution in [1.29, 1.82) is 0 Å². The summed E-state index contributed by atoms with van der Waals surface area (Å²) in [6.07, 6.45) is 1.61. The number of thioether (sulfide) groups is 1. The molecular weight excluding hydrogens is 512 g/mol. The van der Waals surface area contributed by atoms with E-state index in [9.17, 15) is 9.59 Å². The number of benzene rings is 3. The van der Waals surface area contributed by atoms with Crippen molar-refractivity contribution in [2.45, 2.75) is 24.9 Å². The second kappa shape index (κ2) is 10.8. The molecule has 172 valence electrons. The van der Waals surface area contributed by atoms with Crippen molar-refractivity contribution < 1.29 is 4.79 Å². The van der Waals surface area contributed by atoms with Crippen molar-refractivity contribution in [3.05, 3.63) is 98.7 Å². The lowest BCUT2D eigenvalue weighted by molar-refractivity contribution is -0.118. The number of hydrazone groups is 1. The molecule has 1 amide bonds. The molecule has 1 N–H and O–H groups in total. The van der Waals surface area contributed by atoms with Gasteiger partial charge in [0, 0.05) is 4.47 Å². The minimum absolute atomic E-state index is 0.0605. The van der Waals surface area contributed by atoms with E-state index in [1.165, 1.54) is 21.9 Å². The number of nitrogens with one attached hydrogen (secondary N) is 1. The maximum absolute atomic E-state index is 13.2. The van der Waals surface area contributed by atoms with Gasteiger partial charge in [-0.2, -0.15) is 5.10 Å². The molecule has 0 radical (unpaired) electrons. The monoisotopic (exact) mass is 534 g/mol. The quantitative estimate of drug-likeness (QED) is 0.147. The van der Waals surface area contributed by atoms with Crippen molar-refractivity contribution in [3.63, 3.8) is 0 Å². The van der Waals surface area contributed by atoms with Crippen LogP contribution >= 0.6 is 27.7 Å². The second-order valence-corrected chi connectivity index (χ2v) is 9.79. The van der Waals surface area contributed by atoms with Crippen molar-refractivity contribution in [2.24, 2.45) is 5.10 Å². The molecule has 6 nitrogen and oxygen atoms in total. The summed E-state index contributed by atoms with van der Waals surface area (Å²) in [7, 11) is 0. The van der Waals surface area contributed by atoms with E-state index in [1.54, 1.807) is 18.3 Å². The predicted molar refractivity (Wildman–Crippen MR) is 142 cm³/mol. The average molecular weight is 535 g/mol. The topological polar surface area (TPSA) is 76.3 Å². The normalized spacial score (nSPS) is 11.4. The lowest BCUT2D eigenvalue weighted by atomic mass is 10.0. The SMILES string of the molecule is CC(C)c1ccc(/C=N/NC(=O)CSc2nc3ccccc3c(=O)n2-c2ccc(Br)cc2)cc1. The zero-order valence-corrected chi connectivity index (χ0v) is 21.1. The van der Waals surface area contributed by atoms with Gasteiger partial charge in [-0.3, -0.25) is 14.2 Å². The number of fused-ring (bicyclic) bond motifs is 1. The van der Waals surface area contributed by atoms with Crippen LogP contribution in [0.4, 0.5) is 0 Å². The summed E-state index contributed by atoms with van der Waals surface area (Å²) in [5, 5.41) is 5.01. The zero-order chi connectivity index (χ0) is 24.1. The summed E-state index contributed by atoms with van der Waals surface area (Å²) in [4.78, 5) is 30.3. The van der Waals surface area contributed by atoms with Gasteiger partial charge < -0.3 is 0 Å². The van der Waals surface area contributed by atoms with Gasteiger partial charge in [-0.25, -0.2) is 10.4 Å². The Hall–Kier alpha value is -3.23. The summed E-state index contributed by atoms with van der Waals surface area (Å²) in [6, 6.07) is 22.6. The van der Waals surface area contributed by atoms with Gasteiger partial charge in [0.15, 0.2) is 5.16 Å². The molecule has 0 aliphatic rings. The third-order valence-electron chi connectivity index (χ3n) is 5.17. The lowest BCUT2D eigenvalue weighted by Crippen LogP contribution is -2.24. The molecule has 3 aromatic carbocycles. The van der Waals surface area contributed by atoms with Gasteiger partial charge in [0.05, 0.1) is 28.6 Å². The molecule has 0 bridgehead atoms. The third-order valence-corrected chi connectivity index (χ3v) is 6.64. The van der Waals surface area contributed by atoms with Crippen LogP contribution in [-0.2, 0) is 4.79 Å². The third kappa shape index (κ3) is 5.63. The van der Waals surface area contributed by atoms with E-state index in [0.29, 0.717) is 27.7 Å². The van der Waals surface area contributed by atoms with Crippen LogP contribution in [0, 0.1) is 0 Å². The molecule has 0 saturated heterocycles. The highest BCUT2D eigenvalue weighted by atomic mass is 79.9. The van der Waals surface area contributed by atoms with Gasteiger partial charge in [-0.15, -0.1) is 0 Å². The molecule has 4 aromatic rings. The standard InChI is InChI=1S/C26H23BrN4O2S/c1-17(2)19-9-7-18(8-10-19)15-28-30-24(32)16-34-26-29-23-6-4-3-5-22(23)25(33)31(26)21-13-11-20(27)12-14-21/h3-15,17H,16H2,1-2H3,(H,30,32)/b28-15+. The molecule has 0 aliphatic carbocycles. The molecule has 8 heteroatoms. The molecule has 34 heavy (non-hydrogen) atoms. The second-order valence-electron chi connectivity index (χ2n) is 7.93. The Bertz CT molecular complexity index is 1400. The summed E-state index contributed by atoms with van der Waals surface area (Å²) < 4.78 is 2.44. The van der Waals surface area contributed by atoms with E-state index in [-0.39, 0.29) is 17.2 Å². The maximum Gasteiger partial charge on any atom is 0.266 e. The molecular formula is C26H23BrN4O2S. The molecule has 1 aromatic heterocycles. The van der Waals surface area contributed by atoms with Gasteiger partial charge in [0.2, 0.25) is 0 Å². The number of halogens is 1. The number of carbonyl (C=O) groups is 1. The number of amides is 1. The van der Waals surface area contributed by atoms with Crippen molar-refractivity contribution in [2.75, 3.05) is 5.75 Å². The van der Waals surface area contributed by atoms with Gasteiger partial charge in [0.1, 0.15) is 0 Å². The van der Waals surface area contributed by atoms with Crippen LogP contribution in [0.3, 0.4) is 0 Å². The molecule has 0 aliphatic heterocycles. The Morgan fingerprint density at radius 1 is 1.09 bits per heavy atom. The molecule has 0 spiro atoms. The number of hydrogen-bond donors (Lipinski definition) is 1. The van der Waals surface area contributed by atoms with Crippen LogP contribution in [0.1, 0.15) is 30.9 Å². The average Bonchev–Trinajstić information content (AvgIpc) is 2.84. The molecule has 4 rings (SSSR count). The highest BCUT2D eigenvalue weighted by Crippen LogP contribution is 2.22. The largest absolute Gasteiger partial charge is 0.272 e. The van der Waals surface area contributed by atoms with Crippen LogP contribution in [0.25, 0.3) is 16.6 Å². The fraction of sp³-hybridized carbons (Fsp3) is 0.154. The first-order chi connectivity index (χ1) is 16.4. The fourth-order valence-corrected chi connectivity index (χ4v) is 4.40. The van der Waals surface area contributed by atoms with Crippen LogP contribution < -0.4 is 11.0 Å². The lowest BCUT2D eigenvalue weighted by Gasteiger charge is -2.13. The van der Waals surface area contributed by atoms with E-state index in [0.717, 1.165) is 10.0 Å². The van der Waals surface area contributed by atoms with Gasteiger partial charge >= 0.3 is 0 Å². The summed E-state index contributed by atoms with van der Waals surface area (Å²) >= 11 is 4.61. The van der Waals surface area contributed by atoms with E-state index < -0.39 is 0 Å². The molecule has 0 saturated carbocycles. The predicted octanol–water partition coefficient (Wildman–Crippen LogP) is 5.51. The summed E-state index contributed by atoms with van der Waals surface area (Å²) in [5.41, 5.74) is 5.78. The fourth-order valence-electron chi connectivity index (χ4n) is 3.34. The highest BCUT2D eigenvalue weighted by molar-refractivity contribution is 9.10. The summed E-state index contributed by atoms with van der Waals surface area (Å²) in [6.45, 7) is 4.28. The van der Waals surface area contributed by atoms with Gasteiger partial charge in [0.25, 0.3) is 11.5 Å². The first-order valence-electron chi connectivity index (χ1n) is 10.7. The Kier molecular flexibility index (Phi) is 7.59. The first kappa shape index (κ1) is 23.9. The number of nitrogens with zero attached hydrogens (tertiary/aromatic N) is 3.